The van der Waals surface area contributed by atoms with Crippen LogP contribution in [0.4, 0.5) is 11.4 Å². The van der Waals surface area contributed by atoms with Crippen molar-refractivity contribution in [2.75, 3.05) is 5.32 Å². The number of benzene rings is 6. The van der Waals surface area contributed by atoms with E-state index in [2.05, 4.69) is 133 Å². The molecule has 2 heteroatoms. The zero-order chi connectivity index (χ0) is 25.3. The molecule has 1 heterocycles. The van der Waals surface area contributed by atoms with Gasteiger partial charge in [-0.15, -0.1) is 11.3 Å². The number of rotatable bonds is 5. The number of nitrogens with one attached hydrogen (secondary N) is 1. The highest BCUT2D eigenvalue weighted by Gasteiger charge is 2.15. The Bertz CT molecular complexity index is 1850. The minimum atomic E-state index is 1.09. The molecular weight excluding hydrogens is 478 g/mol. The van der Waals surface area contributed by atoms with Crippen molar-refractivity contribution < 1.29 is 0 Å². The minimum Gasteiger partial charge on any atom is -0.356 e. The van der Waals surface area contributed by atoms with Crippen molar-refractivity contribution in [3.05, 3.63) is 146 Å². The summed E-state index contributed by atoms with van der Waals surface area (Å²) < 4.78 is 2.63. The molecule has 7 rings (SSSR count). The quantitative estimate of drug-likeness (QED) is 0.246. The minimum absolute atomic E-state index is 1.09. The molecule has 1 nitrogen and oxygen atoms in total. The Morgan fingerprint density at radius 3 is 1.68 bits per heavy atom. The third kappa shape index (κ3) is 4.26. The van der Waals surface area contributed by atoms with Crippen LogP contribution in [-0.4, -0.2) is 0 Å². The maximum Gasteiger partial charge on any atom is 0.0384 e. The van der Waals surface area contributed by atoms with Crippen LogP contribution in [0, 0.1) is 0 Å². The normalized spacial score (nSPS) is 11.2. The van der Waals surface area contributed by atoms with Crippen LogP contribution < -0.4 is 5.32 Å². The largest absolute Gasteiger partial charge is 0.356 e. The molecule has 0 saturated heterocycles. The molecule has 6 aromatic carbocycles. The van der Waals surface area contributed by atoms with Crippen molar-refractivity contribution in [1.82, 2.24) is 0 Å². The summed E-state index contributed by atoms with van der Waals surface area (Å²) in [7, 11) is 0. The van der Waals surface area contributed by atoms with Gasteiger partial charge in [0.2, 0.25) is 0 Å². The molecule has 0 aliphatic rings. The average molecular weight is 504 g/mol. The van der Waals surface area contributed by atoms with Crippen molar-refractivity contribution in [3.63, 3.8) is 0 Å². The molecule has 180 valence electrons. The van der Waals surface area contributed by atoms with E-state index in [1.807, 2.05) is 29.5 Å². The van der Waals surface area contributed by atoms with Crippen molar-refractivity contribution in [3.8, 4) is 33.4 Å². The summed E-state index contributed by atoms with van der Waals surface area (Å²) in [6.45, 7) is 0. The molecule has 0 amide bonds. The predicted molar refractivity (Wildman–Crippen MR) is 165 cm³/mol. The molecule has 7 aromatic rings. The summed E-state index contributed by atoms with van der Waals surface area (Å²) in [5.74, 6) is 0. The van der Waals surface area contributed by atoms with E-state index in [9.17, 15) is 0 Å². The molecule has 0 saturated carbocycles. The number of hydrogen-bond donors (Lipinski definition) is 1. The van der Waals surface area contributed by atoms with Crippen molar-refractivity contribution in [2.24, 2.45) is 0 Å². The van der Waals surface area contributed by atoms with Crippen LogP contribution in [0.2, 0.25) is 0 Å². The van der Waals surface area contributed by atoms with Gasteiger partial charge in [0.25, 0.3) is 0 Å². The number of anilines is 2. The first kappa shape index (κ1) is 22.5. The first-order valence-corrected chi connectivity index (χ1v) is 13.7. The maximum atomic E-state index is 3.48. The molecule has 0 aliphatic heterocycles. The maximum absolute atomic E-state index is 3.48. The highest BCUT2D eigenvalue weighted by molar-refractivity contribution is 7.26. The van der Waals surface area contributed by atoms with Crippen LogP contribution in [0.15, 0.2) is 146 Å². The summed E-state index contributed by atoms with van der Waals surface area (Å²) in [6, 6.07) is 52.0. The average Bonchev–Trinajstić information content (AvgIpc) is 3.36. The van der Waals surface area contributed by atoms with Crippen LogP contribution >= 0.6 is 11.3 Å². The molecule has 0 bridgehead atoms. The summed E-state index contributed by atoms with van der Waals surface area (Å²) >= 11 is 1.88. The van der Waals surface area contributed by atoms with Gasteiger partial charge < -0.3 is 5.32 Å². The van der Waals surface area contributed by atoms with Crippen molar-refractivity contribution >= 4 is 42.9 Å². The SMILES string of the molecule is c1ccc(Nc2ccc(-c3ccc4sc5cc(-c6ccccc6)cc(-c6ccccc6)c5c4c3)cc2)cc1. The smallest absolute Gasteiger partial charge is 0.0384 e. The molecule has 0 aliphatic carbocycles. The lowest BCUT2D eigenvalue weighted by Gasteiger charge is -2.10. The standard InChI is InChI=1S/C36H25NS/c1-4-10-25(11-5-1)29-23-32(27-12-6-2-7-13-27)36-33-22-28(18-21-34(33)38-35(36)24-29)26-16-19-31(20-17-26)37-30-14-8-3-9-15-30/h1-24,37H. The van der Waals surface area contributed by atoms with E-state index in [-0.39, 0.29) is 0 Å². The second-order valence-electron chi connectivity index (χ2n) is 9.51. The third-order valence-corrected chi connectivity index (χ3v) is 8.16. The molecule has 0 atom stereocenters. The lowest BCUT2D eigenvalue weighted by Crippen LogP contribution is -1.89. The Morgan fingerprint density at radius 2 is 0.974 bits per heavy atom. The van der Waals surface area contributed by atoms with Crippen LogP contribution in [0.3, 0.4) is 0 Å². The first-order chi connectivity index (χ1) is 18.8. The summed E-state index contributed by atoms with van der Waals surface area (Å²) in [5, 5.41) is 6.12. The molecule has 0 fully saturated rings. The number of fused-ring (bicyclic) bond motifs is 3. The second-order valence-corrected chi connectivity index (χ2v) is 10.6. The Labute approximate surface area is 226 Å². The van der Waals surface area contributed by atoms with Gasteiger partial charge in [0.05, 0.1) is 0 Å². The Morgan fingerprint density at radius 1 is 0.395 bits per heavy atom. The van der Waals surface area contributed by atoms with E-state index in [0.717, 1.165) is 11.4 Å². The molecular formula is C36H25NS. The van der Waals surface area contributed by atoms with Crippen LogP contribution in [0.25, 0.3) is 53.6 Å². The number of hydrogen-bond acceptors (Lipinski definition) is 2. The van der Waals surface area contributed by atoms with E-state index in [4.69, 9.17) is 0 Å². The van der Waals surface area contributed by atoms with E-state index in [1.165, 1.54) is 53.6 Å². The van der Waals surface area contributed by atoms with Gasteiger partial charge in [0, 0.05) is 31.5 Å². The van der Waals surface area contributed by atoms with Gasteiger partial charge in [-0.3, -0.25) is 0 Å². The zero-order valence-corrected chi connectivity index (χ0v) is 21.6. The fourth-order valence-electron chi connectivity index (χ4n) is 5.16. The van der Waals surface area contributed by atoms with E-state index in [1.54, 1.807) is 0 Å². The predicted octanol–water partition coefficient (Wildman–Crippen LogP) is 10.8. The van der Waals surface area contributed by atoms with Gasteiger partial charge in [-0.2, -0.15) is 0 Å². The second kappa shape index (κ2) is 9.66. The topological polar surface area (TPSA) is 12.0 Å². The van der Waals surface area contributed by atoms with Crippen LogP contribution in [-0.2, 0) is 0 Å². The summed E-state index contributed by atoms with van der Waals surface area (Å²) in [5.41, 5.74) is 9.65. The lowest BCUT2D eigenvalue weighted by atomic mass is 9.94. The molecule has 1 aromatic heterocycles. The monoisotopic (exact) mass is 503 g/mol. The van der Waals surface area contributed by atoms with E-state index < -0.39 is 0 Å². The first-order valence-electron chi connectivity index (χ1n) is 12.9. The highest BCUT2D eigenvalue weighted by Crippen LogP contribution is 2.44. The van der Waals surface area contributed by atoms with Gasteiger partial charge in [0.15, 0.2) is 0 Å². The zero-order valence-electron chi connectivity index (χ0n) is 20.8. The Kier molecular flexibility index (Phi) is 5.73. The van der Waals surface area contributed by atoms with Gasteiger partial charge in [-0.05, 0) is 81.9 Å². The van der Waals surface area contributed by atoms with Gasteiger partial charge in [0.1, 0.15) is 0 Å². The van der Waals surface area contributed by atoms with Crippen molar-refractivity contribution in [1.29, 1.82) is 0 Å². The van der Waals surface area contributed by atoms with Gasteiger partial charge in [-0.1, -0.05) is 97.1 Å². The fraction of sp³-hybridized carbons (Fsp3) is 0. The molecule has 1 N–H and O–H groups in total. The fourth-order valence-corrected chi connectivity index (χ4v) is 6.31. The highest BCUT2D eigenvalue weighted by atomic mass is 32.1. The molecule has 0 unspecified atom stereocenters. The molecule has 0 radical (unpaired) electrons. The van der Waals surface area contributed by atoms with Gasteiger partial charge >= 0.3 is 0 Å². The Balaban J connectivity index is 1.35. The number of thiophene rings is 1. The summed E-state index contributed by atoms with van der Waals surface area (Å²) in [4.78, 5) is 0. The Hall–Kier alpha value is -4.66. The summed E-state index contributed by atoms with van der Waals surface area (Å²) in [6.07, 6.45) is 0. The lowest BCUT2D eigenvalue weighted by molar-refractivity contribution is 1.54. The van der Waals surface area contributed by atoms with E-state index in [0.29, 0.717) is 0 Å². The molecule has 38 heavy (non-hydrogen) atoms. The third-order valence-electron chi connectivity index (χ3n) is 7.04. The van der Waals surface area contributed by atoms with Gasteiger partial charge in [-0.25, -0.2) is 0 Å². The van der Waals surface area contributed by atoms with Crippen molar-refractivity contribution in [2.45, 2.75) is 0 Å². The van der Waals surface area contributed by atoms with E-state index >= 15 is 0 Å². The molecule has 0 spiro atoms. The number of para-hydroxylation sites is 1. The van der Waals surface area contributed by atoms with Crippen LogP contribution in [0.1, 0.15) is 0 Å². The van der Waals surface area contributed by atoms with Crippen LogP contribution in [0.5, 0.6) is 0 Å².